The van der Waals surface area contributed by atoms with Crippen molar-refractivity contribution in [3.63, 3.8) is 0 Å². The Kier molecular flexibility index (Phi) is 7.91. The molecule has 0 spiro atoms. The van der Waals surface area contributed by atoms with Crippen LogP contribution in [0.4, 0.5) is 0 Å². The number of allylic oxidation sites excluding steroid dienone is 2. The third kappa shape index (κ3) is 4.95. The predicted molar refractivity (Wildman–Crippen MR) is 167 cm³/mol. The summed E-state index contributed by atoms with van der Waals surface area (Å²) >= 11 is 0. The highest BCUT2D eigenvalue weighted by atomic mass is 16.5. The Bertz CT molecular complexity index is 1810. The van der Waals surface area contributed by atoms with Crippen molar-refractivity contribution in [2.24, 2.45) is 0 Å². The number of aromatic amines is 2. The van der Waals surface area contributed by atoms with E-state index in [1.165, 1.54) is 14.2 Å². The van der Waals surface area contributed by atoms with Gasteiger partial charge < -0.3 is 19.4 Å². The molecule has 0 amide bonds. The van der Waals surface area contributed by atoms with Crippen LogP contribution in [-0.2, 0) is 25.5 Å². The third-order valence-electron chi connectivity index (χ3n) is 8.72. The highest BCUT2D eigenvalue weighted by molar-refractivity contribution is 5.93. The van der Waals surface area contributed by atoms with Gasteiger partial charge in [-0.3, -0.25) is 14.6 Å². The maximum absolute atomic E-state index is 13.1. The first-order chi connectivity index (χ1) is 20.1. The minimum atomic E-state index is -0.573. The number of carbonyl (C=O) groups is 2. The van der Waals surface area contributed by atoms with E-state index in [1.54, 1.807) is 0 Å². The van der Waals surface area contributed by atoms with E-state index < -0.39 is 5.92 Å². The average Bonchev–Trinajstić information content (AvgIpc) is 3.64. The van der Waals surface area contributed by atoms with Crippen LogP contribution in [0.3, 0.4) is 0 Å². The maximum atomic E-state index is 13.1. The molecule has 5 rings (SSSR count). The minimum Gasteiger partial charge on any atom is -0.469 e. The number of nitrogens with zero attached hydrogens (tertiary/aromatic N) is 2. The van der Waals surface area contributed by atoms with E-state index in [2.05, 4.69) is 49.5 Å². The third-order valence-corrected chi connectivity index (χ3v) is 8.72. The molecule has 8 bridgehead atoms. The van der Waals surface area contributed by atoms with Crippen molar-refractivity contribution in [2.75, 3.05) is 14.2 Å². The lowest BCUT2D eigenvalue weighted by atomic mass is 9.90. The molecule has 3 aromatic rings. The fourth-order valence-corrected chi connectivity index (χ4v) is 6.16. The zero-order valence-corrected chi connectivity index (χ0v) is 25.4. The number of hydrogen-bond donors (Lipinski definition) is 2. The van der Waals surface area contributed by atoms with Crippen LogP contribution in [0.15, 0.2) is 30.8 Å². The van der Waals surface area contributed by atoms with Gasteiger partial charge in [0, 0.05) is 45.7 Å². The van der Waals surface area contributed by atoms with Gasteiger partial charge in [0.05, 0.1) is 31.3 Å². The Morgan fingerprint density at radius 1 is 0.905 bits per heavy atom. The molecule has 2 unspecified atom stereocenters. The summed E-state index contributed by atoms with van der Waals surface area (Å²) in [6, 6.07) is 8.09. The van der Waals surface area contributed by atoms with Gasteiger partial charge in [-0.15, -0.1) is 0 Å². The van der Waals surface area contributed by atoms with Crippen LogP contribution >= 0.6 is 0 Å². The topological polar surface area (TPSA) is 110 Å². The average molecular weight is 567 g/mol. The Morgan fingerprint density at radius 3 is 2.29 bits per heavy atom. The smallest absolute Gasteiger partial charge is 0.315 e. The largest absolute Gasteiger partial charge is 0.469 e. The lowest BCUT2D eigenvalue weighted by molar-refractivity contribution is -0.143. The fourth-order valence-electron chi connectivity index (χ4n) is 6.16. The van der Waals surface area contributed by atoms with Gasteiger partial charge in [0.2, 0.25) is 0 Å². The summed E-state index contributed by atoms with van der Waals surface area (Å²) in [7, 11) is 2.80. The van der Waals surface area contributed by atoms with Crippen LogP contribution in [0.25, 0.3) is 39.3 Å². The second-order valence-corrected chi connectivity index (χ2v) is 11.0. The zero-order valence-electron chi connectivity index (χ0n) is 25.4. The summed E-state index contributed by atoms with van der Waals surface area (Å²) in [6.07, 6.45) is 3.39. The molecule has 2 atom stereocenters. The summed E-state index contributed by atoms with van der Waals surface area (Å²) < 4.78 is 10.2. The van der Waals surface area contributed by atoms with Crippen LogP contribution in [0.1, 0.15) is 90.5 Å². The van der Waals surface area contributed by atoms with Crippen LogP contribution in [0, 0.1) is 13.8 Å². The molecule has 5 heterocycles. The first-order valence-corrected chi connectivity index (χ1v) is 14.3. The molecule has 0 saturated heterocycles. The first-order valence-electron chi connectivity index (χ1n) is 14.3. The number of esters is 2. The number of aryl methyl sites for hydroxylation is 3. The Morgan fingerprint density at radius 2 is 1.62 bits per heavy atom. The number of hydrogen-bond acceptors (Lipinski definition) is 6. The molecule has 8 nitrogen and oxygen atoms in total. The number of methoxy groups -OCH3 is 2. The zero-order chi connectivity index (χ0) is 30.3. The number of fused-ring (bicyclic) bond motifs is 8. The van der Waals surface area contributed by atoms with Crippen molar-refractivity contribution in [1.82, 2.24) is 19.9 Å². The molecule has 0 saturated carbocycles. The van der Waals surface area contributed by atoms with E-state index in [-0.39, 0.29) is 24.3 Å². The van der Waals surface area contributed by atoms with Crippen molar-refractivity contribution in [3.05, 3.63) is 75.9 Å². The summed E-state index contributed by atoms with van der Waals surface area (Å²) in [5, 5.41) is 0. The van der Waals surface area contributed by atoms with Gasteiger partial charge in [0.1, 0.15) is 5.92 Å². The van der Waals surface area contributed by atoms with Gasteiger partial charge in [0.25, 0.3) is 0 Å². The molecule has 2 aliphatic rings. The molecule has 218 valence electrons. The van der Waals surface area contributed by atoms with Gasteiger partial charge in [0.15, 0.2) is 0 Å². The molecule has 0 aromatic carbocycles. The number of carbonyl (C=O) groups excluding carboxylic acids is 2. The maximum Gasteiger partial charge on any atom is 0.315 e. The SMILES string of the molecule is C=Cc1c(C)c2cc3[nH]c(cc4nc(cc5nc(cc1[nH]2)C(C)=C5CC)C(C)C4C(=O)OC)c(CCC(=O)OC)c3C. The molecular weight excluding hydrogens is 528 g/mol. The second-order valence-electron chi connectivity index (χ2n) is 11.0. The fraction of sp³-hybridized carbons (Fsp3) is 0.353. The van der Waals surface area contributed by atoms with Gasteiger partial charge in [-0.05, 0) is 85.7 Å². The predicted octanol–water partition coefficient (Wildman–Crippen LogP) is 7.08. The summed E-state index contributed by atoms with van der Waals surface area (Å²) in [5.74, 6) is -1.41. The van der Waals surface area contributed by atoms with Gasteiger partial charge >= 0.3 is 11.9 Å². The van der Waals surface area contributed by atoms with Crippen molar-refractivity contribution in [3.8, 4) is 0 Å². The Hall–Kier alpha value is -4.46. The number of aromatic nitrogens is 4. The van der Waals surface area contributed by atoms with E-state index in [0.29, 0.717) is 12.1 Å². The van der Waals surface area contributed by atoms with E-state index in [1.807, 2.05) is 32.1 Å². The number of rotatable bonds is 6. The minimum absolute atomic E-state index is 0.213. The monoisotopic (exact) mass is 566 g/mol. The van der Waals surface area contributed by atoms with Crippen molar-refractivity contribution in [1.29, 1.82) is 0 Å². The van der Waals surface area contributed by atoms with Gasteiger partial charge in [-0.2, -0.15) is 0 Å². The highest BCUT2D eigenvalue weighted by Gasteiger charge is 2.36. The summed E-state index contributed by atoms with van der Waals surface area (Å²) in [4.78, 5) is 42.4. The molecule has 3 aromatic heterocycles. The number of ether oxygens (including phenoxy) is 2. The normalized spacial score (nSPS) is 16.5. The molecule has 2 N–H and O–H groups in total. The number of H-pyrrole nitrogens is 2. The molecule has 0 radical (unpaired) electrons. The van der Waals surface area contributed by atoms with Crippen molar-refractivity contribution < 1.29 is 19.1 Å². The Labute approximate surface area is 245 Å². The van der Waals surface area contributed by atoms with Gasteiger partial charge in [-0.25, -0.2) is 4.98 Å². The summed E-state index contributed by atoms with van der Waals surface area (Å²) in [6.45, 7) is 14.4. The second kappa shape index (κ2) is 11.4. The molecule has 8 heteroatoms. The highest BCUT2D eigenvalue weighted by Crippen LogP contribution is 2.40. The first kappa shape index (κ1) is 29.0. The number of nitrogens with one attached hydrogen (secondary N) is 2. The molecule has 0 aliphatic carbocycles. The van der Waals surface area contributed by atoms with Crippen LogP contribution in [0.2, 0.25) is 0 Å². The lowest BCUT2D eigenvalue weighted by Crippen LogP contribution is -2.16. The van der Waals surface area contributed by atoms with Crippen molar-refractivity contribution in [2.45, 2.75) is 65.7 Å². The van der Waals surface area contributed by atoms with Crippen LogP contribution in [0.5, 0.6) is 0 Å². The lowest BCUT2D eigenvalue weighted by Gasteiger charge is -2.13. The summed E-state index contributed by atoms with van der Waals surface area (Å²) in [5.41, 5.74) is 13.0. The molecule has 0 fully saturated rings. The quantitative estimate of drug-likeness (QED) is 0.309. The van der Waals surface area contributed by atoms with E-state index in [0.717, 1.165) is 79.0 Å². The van der Waals surface area contributed by atoms with Crippen LogP contribution in [-0.4, -0.2) is 46.1 Å². The molecule has 42 heavy (non-hydrogen) atoms. The molecule has 2 aliphatic heterocycles. The standard InChI is InChI=1S/C34H38N4O4/c1-9-21-17(3)24-13-25-19(5)23(11-12-32(39)41-7)30(37-25)16-31-33(34(40)42-8)20(6)27(38-31)15-29-22(10-2)18(4)26(36-29)14-28(21)35-24/h9,13-16,20,33,35,37H,1,10-12H2,2-8H3. The Balaban J connectivity index is 1.93. The van der Waals surface area contributed by atoms with Crippen LogP contribution < -0.4 is 0 Å². The molecular formula is C34H38N4O4. The van der Waals surface area contributed by atoms with E-state index in [9.17, 15) is 9.59 Å². The van der Waals surface area contributed by atoms with E-state index in [4.69, 9.17) is 19.4 Å². The van der Waals surface area contributed by atoms with Crippen molar-refractivity contribution >= 4 is 51.2 Å². The van der Waals surface area contributed by atoms with E-state index >= 15 is 0 Å². The van der Waals surface area contributed by atoms with Gasteiger partial charge in [-0.1, -0.05) is 26.5 Å².